The third-order valence-electron chi connectivity index (χ3n) is 3.60. The lowest BCUT2D eigenvalue weighted by Crippen LogP contribution is -2.29. The third kappa shape index (κ3) is 3.60. The van der Waals surface area contributed by atoms with Crippen molar-refractivity contribution in [2.75, 3.05) is 0 Å². The summed E-state index contributed by atoms with van der Waals surface area (Å²) in [7, 11) is 0. The molecule has 0 radical (unpaired) electrons. The zero-order valence-corrected chi connectivity index (χ0v) is 13.7. The Kier molecular flexibility index (Phi) is 4.94. The molecule has 126 valence electrons. The maximum Gasteiger partial charge on any atom is 0.292 e. The topological polar surface area (TPSA) is 89.2 Å². The molecule has 0 aliphatic rings. The van der Waals surface area contributed by atoms with Crippen LogP contribution in [0.4, 0.5) is 0 Å². The van der Waals surface area contributed by atoms with Crippen molar-refractivity contribution in [2.24, 2.45) is 5.10 Å². The second-order valence-electron chi connectivity index (χ2n) is 5.40. The zero-order chi connectivity index (χ0) is 17.6. The van der Waals surface area contributed by atoms with Crippen LogP contribution >= 0.6 is 0 Å². The molecule has 1 amide bonds. The molecule has 0 fully saturated rings. The summed E-state index contributed by atoms with van der Waals surface area (Å²) in [4.78, 5) is 28.8. The Labute approximate surface area is 144 Å². The van der Waals surface area contributed by atoms with E-state index in [0.29, 0.717) is 17.3 Å². The van der Waals surface area contributed by atoms with Gasteiger partial charge in [0.15, 0.2) is 5.69 Å². The Hall–Kier alpha value is -3.35. The fourth-order valence-electron chi connectivity index (χ4n) is 2.43. The molecule has 0 saturated heterocycles. The highest BCUT2D eigenvalue weighted by atomic mass is 16.2. The molecule has 3 aromatic rings. The van der Waals surface area contributed by atoms with Crippen LogP contribution in [0.15, 0.2) is 58.7 Å². The summed E-state index contributed by atoms with van der Waals surface area (Å²) in [5, 5.41) is 9.14. The first-order valence-corrected chi connectivity index (χ1v) is 7.94. The highest BCUT2D eigenvalue weighted by Gasteiger charge is 2.15. The molecule has 0 aliphatic heterocycles. The van der Waals surface area contributed by atoms with Crippen molar-refractivity contribution in [3.8, 4) is 0 Å². The summed E-state index contributed by atoms with van der Waals surface area (Å²) in [6.45, 7) is 2.40. The maximum atomic E-state index is 12.5. The number of hydrogen-bond donors (Lipinski definition) is 1. The molecule has 7 nitrogen and oxygen atoms in total. The first kappa shape index (κ1) is 16.5. The summed E-state index contributed by atoms with van der Waals surface area (Å²) in [6.07, 6.45) is 5.54. The second kappa shape index (κ2) is 7.48. The summed E-state index contributed by atoms with van der Waals surface area (Å²) in [5.41, 5.74) is 3.25. The molecule has 0 atom stereocenters. The van der Waals surface area contributed by atoms with Gasteiger partial charge in [-0.25, -0.2) is 10.1 Å². The van der Waals surface area contributed by atoms with Gasteiger partial charge in [0.25, 0.3) is 11.5 Å². The van der Waals surface area contributed by atoms with Gasteiger partial charge in [0.1, 0.15) is 0 Å². The number of carbonyl (C=O) groups excluding carboxylic acids is 1. The fraction of sp³-hybridized carbons (Fsp3) is 0.167. The minimum absolute atomic E-state index is 0.176. The summed E-state index contributed by atoms with van der Waals surface area (Å²) < 4.78 is 1.32. The molecule has 0 unspecified atom stereocenters. The van der Waals surface area contributed by atoms with E-state index in [1.165, 1.54) is 10.9 Å². The van der Waals surface area contributed by atoms with Gasteiger partial charge in [-0.15, -0.1) is 0 Å². The second-order valence-corrected chi connectivity index (χ2v) is 5.40. The predicted molar refractivity (Wildman–Crippen MR) is 95.6 cm³/mol. The fourth-order valence-corrected chi connectivity index (χ4v) is 2.43. The Bertz CT molecular complexity index is 980. The van der Waals surface area contributed by atoms with Crippen LogP contribution in [0.3, 0.4) is 0 Å². The van der Waals surface area contributed by atoms with Gasteiger partial charge in [0, 0.05) is 24.3 Å². The lowest BCUT2D eigenvalue weighted by atomic mass is 10.1. The van der Waals surface area contributed by atoms with Gasteiger partial charge in [-0.1, -0.05) is 25.1 Å². The van der Waals surface area contributed by atoms with Gasteiger partial charge in [-0.3, -0.25) is 14.6 Å². The average Bonchev–Trinajstić information content (AvgIpc) is 2.65. The number of carbonyl (C=O) groups is 1. The number of pyridine rings is 1. The predicted octanol–water partition coefficient (Wildman–Crippen LogP) is 1.97. The standard InChI is InChI=1S/C18H17N5O2/c1-2-11-23-18(25)15-6-4-3-5-14(15)16(22-23)17(24)21-20-12-13-7-9-19-10-8-13/h3-10,12H,2,11H2,1H3,(H,21,24)/b20-12-. The van der Waals surface area contributed by atoms with Gasteiger partial charge in [0.2, 0.25) is 0 Å². The van der Waals surface area contributed by atoms with Crippen LogP contribution in [0.25, 0.3) is 10.8 Å². The quantitative estimate of drug-likeness (QED) is 0.570. The van der Waals surface area contributed by atoms with E-state index in [4.69, 9.17) is 0 Å². The molecular weight excluding hydrogens is 318 g/mol. The largest absolute Gasteiger partial charge is 0.292 e. The van der Waals surface area contributed by atoms with E-state index in [2.05, 4.69) is 20.6 Å². The summed E-state index contributed by atoms with van der Waals surface area (Å²) >= 11 is 0. The molecule has 3 rings (SSSR count). The Balaban J connectivity index is 1.94. The van der Waals surface area contributed by atoms with Crippen molar-refractivity contribution in [3.05, 3.63) is 70.4 Å². The molecule has 0 bridgehead atoms. The van der Waals surface area contributed by atoms with E-state index in [-0.39, 0.29) is 11.3 Å². The molecule has 2 heterocycles. The number of aryl methyl sites for hydroxylation is 1. The lowest BCUT2D eigenvalue weighted by molar-refractivity contribution is 0.0949. The van der Waals surface area contributed by atoms with Crippen molar-refractivity contribution in [2.45, 2.75) is 19.9 Å². The van der Waals surface area contributed by atoms with Gasteiger partial charge in [0.05, 0.1) is 11.6 Å². The maximum absolute atomic E-state index is 12.5. The molecule has 0 aliphatic carbocycles. The van der Waals surface area contributed by atoms with Crippen LogP contribution in [0.2, 0.25) is 0 Å². The SMILES string of the molecule is CCCn1nc(C(=O)N/N=C\c2ccncc2)c2ccccc2c1=O. The Morgan fingerprint density at radius 3 is 2.64 bits per heavy atom. The van der Waals surface area contributed by atoms with E-state index in [1.54, 1.807) is 48.8 Å². The van der Waals surface area contributed by atoms with E-state index >= 15 is 0 Å². The van der Waals surface area contributed by atoms with Crippen LogP contribution in [0, 0.1) is 0 Å². The van der Waals surface area contributed by atoms with Gasteiger partial charge in [-0.05, 0) is 30.2 Å². The molecule has 0 saturated carbocycles. The number of benzene rings is 1. The minimum atomic E-state index is -0.466. The summed E-state index contributed by atoms with van der Waals surface area (Å²) in [5.74, 6) is -0.466. The molecule has 1 aromatic carbocycles. The number of aromatic nitrogens is 3. The van der Waals surface area contributed by atoms with Crippen molar-refractivity contribution in [1.29, 1.82) is 0 Å². The molecular formula is C18H17N5O2. The smallest absolute Gasteiger partial charge is 0.267 e. The van der Waals surface area contributed by atoms with E-state index < -0.39 is 5.91 Å². The average molecular weight is 335 g/mol. The number of amides is 1. The van der Waals surface area contributed by atoms with Crippen molar-refractivity contribution in [1.82, 2.24) is 20.2 Å². The minimum Gasteiger partial charge on any atom is -0.267 e. The number of fused-ring (bicyclic) bond motifs is 1. The van der Waals surface area contributed by atoms with Crippen LogP contribution in [-0.2, 0) is 6.54 Å². The zero-order valence-electron chi connectivity index (χ0n) is 13.7. The number of nitrogens with one attached hydrogen (secondary N) is 1. The van der Waals surface area contributed by atoms with Crippen molar-refractivity contribution < 1.29 is 4.79 Å². The van der Waals surface area contributed by atoms with Crippen LogP contribution < -0.4 is 11.0 Å². The summed E-state index contributed by atoms with van der Waals surface area (Å²) in [6, 6.07) is 10.5. The van der Waals surface area contributed by atoms with Crippen LogP contribution in [0.1, 0.15) is 29.4 Å². The highest BCUT2D eigenvalue weighted by molar-refractivity contribution is 6.04. The van der Waals surface area contributed by atoms with E-state index in [0.717, 1.165) is 12.0 Å². The van der Waals surface area contributed by atoms with Gasteiger partial charge >= 0.3 is 0 Å². The number of hydrogen-bond acceptors (Lipinski definition) is 5. The number of rotatable bonds is 5. The first-order valence-electron chi connectivity index (χ1n) is 7.94. The molecule has 7 heteroatoms. The van der Waals surface area contributed by atoms with Crippen LogP contribution in [-0.4, -0.2) is 26.9 Å². The highest BCUT2D eigenvalue weighted by Crippen LogP contribution is 2.13. The van der Waals surface area contributed by atoms with Gasteiger partial charge in [-0.2, -0.15) is 10.2 Å². The van der Waals surface area contributed by atoms with E-state index in [9.17, 15) is 9.59 Å². The Morgan fingerprint density at radius 1 is 1.20 bits per heavy atom. The normalized spacial score (nSPS) is 11.1. The van der Waals surface area contributed by atoms with Gasteiger partial charge < -0.3 is 0 Å². The van der Waals surface area contributed by atoms with Crippen molar-refractivity contribution in [3.63, 3.8) is 0 Å². The molecule has 2 aromatic heterocycles. The number of nitrogens with zero attached hydrogens (tertiary/aromatic N) is 4. The van der Waals surface area contributed by atoms with Crippen LogP contribution in [0.5, 0.6) is 0 Å². The first-order chi connectivity index (χ1) is 12.2. The lowest BCUT2D eigenvalue weighted by Gasteiger charge is -2.09. The molecule has 1 N–H and O–H groups in total. The molecule has 0 spiro atoms. The van der Waals surface area contributed by atoms with E-state index in [1.807, 2.05) is 6.92 Å². The number of hydrazone groups is 1. The molecule has 25 heavy (non-hydrogen) atoms. The Morgan fingerprint density at radius 2 is 1.92 bits per heavy atom. The monoisotopic (exact) mass is 335 g/mol. The van der Waals surface area contributed by atoms with Crippen molar-refractivity contribution >= 4 is 22.9 Å². The third-order valence-corrected chi connectivity index (χ3v) is 3.60.